The van der Waals surface area contributed by atoms with Gasteiger partial charge in [0.2, 0.25) is 12.1 Å². The van der Waals surface area contributed by atoms with Crippen LogP contribution in [0.5, 0.6) is 0 Å². The summed E-state index contributed by atoms with van der Waals surface area (Å²) >= 11 is 37.5. The summed E-state index contributed by atoms with van der Waals surface area (Å²) in [6.45, 7) is 0. The maximum atomic E-state index is 9.09. The molecule has 2 N–H and O–H groups in total. The highest BCUT2D eigenvalue weighted by atomic mass is 35.7. The highest BCUT2D eigenvalue weighted by Crippen LogP contribution is 2.60. The predicted octanol–water partition coefficient (Wildman–Crippen LogP) is 4.16. The molecule has 11 heteroatoms. The van der Waals surface area contributed by atoms with Crippen molar-refractivity contribution in [1.29, 1.82) is 0 Å². The Bertz CT molecular complexity index is 222. The highest BCUT2D eigenvalue weighted by Gasteiger charge is 2.44. The average molecular weight is 369 g/mol. The molecule has 0 aliphatic rings. The first-order valence-corrected chi connectivity index (χ1v) is 8.99. The van der Waals surface area contributed by atoms with Gasteiger partial charge in [-0.2, -0.15) is 0 Å². The summed E-state index contributed by atoms with van der Waals surface area (Å²) in [5, 5.41) is 0. The summed E-state index contributed by atoms with van der Waals surface area (Å²) in [7, 11) is -2.00. The van der Waals surface area contributed by atoms with E-state index < -0.39 is 22.2 Å². The lowest BCUT2D eigenvalue weighted by atomic mass is 11.8. The van der Waals surface area contributed by atoms with Gasteiger partial charge in [-0.15, -0.1) is 0 Å². The molecule has 0 aromatic heterocycles. The number of hydrogen-bond donors (Lipinski definition) is 2. The Kier molecular flexibility index (Phi) is 5.97. The molecule has 0 rings (SSSR count). The van der Waals surface area contributed by atoms with Crippen LogP contribution in [0.2, 0.25) is 0 Å². The summed E-state index contributed by atoms with van der Waals surface area (Å²) in [6.07, 6.45) is 0. The molecule has 0 amide bonds. The Labute approximate surface area is 112 Å². The van der Waals surface area contributed by atoms with E-state index in [0.29, 0.717) is 0 Å². The predicted molar refractivity (Wildman–Crippen MR) is 65.2 cm³/mol. The van der Waals surface area contributed by atoms with Crippen LogP contribution in [-0.2, 0) is 10.1 Å². The van der Waals surface area contributed by atoms with Gasteiger partial charge >= 0.3 is 0 Å². The van der Waals surface area contributed by atoms with Crippen LogP contribution in [0, 0.1) is 0 Å². The number of alkyl halides is 6. The molecule has 13 heavy (non-hydrogen) atoms. The van der Waals surface area contributed by atoms with E-state index in [9.17, 15) is 0 Å². The second-order valence-electron chi connectivity index (χ2n) is 1.65. The van der Waals surface area contributed by atoms with Gasteiger partial charge < -0.3 is 9.79 Å². The highest BCUT2D eigenvalue weighted by molar-refractivity contribution is 8.41. The minimum absolute atomic E-state index is 2.00. The molecule has 0 aromatic carbocycles. The minimum atomic E-state index is -4.06. The van der Waals surface area contributed by atoms with Crippen molar-refractivity contribution in [1.82, 2.24) is 0 Å². The lowest BCUT2D eigenvalue weighted by Crippen LogP contribution is -2.25. The molecule has 0 unspecified atom stereocenters. The SMILES string of the molecule is OP(O)(Cl)=S(C(Cl)(Cl)Cl)C(Cl)(Cl)Cl. The topological polar surface area (TPSA) is 40.5 Å². The first-order valence-electron chi connectivity index (χ1n) is 2.29. The van der Waals surface area contributed by atoms with Crippen LogP contribution in [0.1, 0.15) is 0 Å². The van der Waals surface area contributed by atoms with Gasteiger partial charge in [0.15, 0.2) is 0 Å². The van der Waals surface area contributed by atoms with E-state index in [4.69, 9.17) is 90.6 Å². The van der Waals surface area contributed by atoms with Crippen molar-refractivity contribution >= 4 is 96.8 Å². The molecule has 0 aromatic rings. The molecule has 0 fully saturated rings. The van der Waals surface area contributed by atoms with Gasteiger partial charge in [-0.05, 0) is 21.3 Å². The monoisotopic (exact) mass is 366 g/mol. The minimum Gasteiger partial charge on any atom is -0.337 e. The van der Waals surface area contributed by atoms with Crippen molar-refractivity contribution in [3.8, 4) is 0 Å². The smallest absolute Gasteiger partial charge is 0.243 e. The fourth-order valence-electron chi connectivity index (χ4n) is 0.395. The van der Waals surface area contributed by atoms with Crippen molar-refractivity contribution in [2.75, 3.05) is 0 Å². The van der Waals surface area contributed by atoms with E-state index >= 15 is 0 Å². The van der Waals surface area contributed by atoms with Crippen molar-refractivity contribution < 1.29 is 9.79 Å². The lowest BCUT2D eigenvalue weighted by molar-refractivity contribution is 0.500. The van der Waals surface area contributed by atoms with E-state index in [0.717, 1.165) is 0 Å². The zero-order valence-electron chi connectivity index (χ0n) is 5.40. The van der Waals surface area contributed by atoms with Crippen LogP contribution < -0.4 is 0 Å². The van der Waals surface area contributed by atoms with Crippen LogP contribution in [0.3, 0.4) is 0 Å². The summed E-state index contributed by atoms with van der Waals surface area (Å²) in [6, 6.07) is 0. The Morgan fingerprint density at radius 1 is 0.846 bits per heavy atom. The standard InChI is InChI=1S/C2H2Cl7O2PS/c3-1(4,5)13(2(6,7)8)12(9,10)11/h10-11H. The fraction of sp³-hybridized carbons (Fsp3) is 1.00. The molecule has 82 valence electrons. The fourth-order valence-corrected chi connectivity index (χ4v) is 14.9. The van der Waals surface area contributed by atoms with Crippen molar-refractivity contribution in [2.45, 2.75) is 6.25 Å². The Hall–Kier alpha value is 2.73. The Morgan fingerprint density at radius 3 is 1.08 bits per heavy atom. The van der Waals surface area contributed by atoms with E-state index in [2.05, 4.69) is 0 Å². The second kappa shape index (κ2) is 4.93. The molecule has 0 saturated carbocycles. The zero-order valence-corrected chi connectivity index (χ0v) is 12.4. The van der Waals surface area contributed by atoms with Gasteiger partial charge in [-0.1, -0.05) is 69.6 Å². The summed E-state index contributed by atoms with van der Waals surface area (Å²) in [5.41, 5.74) is 0. The average Bonchev–Trinajstić information content (AvgIpc) is 1.44. The van der Waals surface area contributed by atoms with Crippen LogP contribution in [0.15, 0.2) is 0 Å². The van der Waals surface area contributed by atoms with Gasteiger partial charge in [0, 0.05) is 0 Å². The third-order valence-corrected chi connectivity index (χ3v) is 11.0. The van der Waals surface area contributed by atoms with Gasteiger partial charge in [0.25, 0.3) is 0 Å². The molecule has 0 aliphatic heterocycles. The van der Waals surface area contributed by atoms with E-state index in [1.165, 1.54) is 0 Å². The first kappa shape index (κ1) is 15.7. The van der Waals surface area contributed by atoms with Gasteiger partial charge in [-0.25, -0.2) is 0 Å². The molecule has 0 atom stereocenters. The first-order chi connectivity index (χ1) is 5.37. The van der Waals surface area contributed by atoms with E-state index in [1.54, 1.807) is 0 Å². The van der Waals surface area contributed by atoms with E-state index in [-0.39, 0.29) is 0 Å². The van der Waals surface area contributed by atoms with E-state index in [1.807, 2.05) is 0 Å². The molecule has 2 nitrogen and oxygen atoms in total. The maximum absolute atomic E-state index is 9.09. The summed E-state index contributed by atoms with van der Waals surface area (Å²) in [4.78, 5) is 18.2. The Morgan fingerprint density at radius 2 is 1.08 bits per heavy atom. The summed E-state index contributed by atoms with van der Waals surface area (Å²) < 4.78 is -4.30. The van der Waals surface area contributed by atoms with Crippen molar-refractivity contribution in [3.63, 3.8) is 0 Å². The quantitative estimate of drug-likeness (QED) is 0.497. The lowest BCUT2D eigenvalue weighted by Gasteiger charge is -2.26. The van der Waals surface area contributed by atoms with Gasteiger partial charge in [-0.3, -0.25) is 0 Å². The third kappa shape index (κ3) is 5.55. The van der Waals surface area contributed by atoms with Crippen LogP contribution in [-0.4, -0.2) is 16.0 Å². The second-order valence-corrected chi connectivity index (χ2v) is 14.9. The number of hydrogen-bond acceptors (Lipinski definition) is 0. The molecule has 0 heterocycles. The van der Waals surface area contributed by atoms with Gasteiger partial charge in [0.05, 0.1) is 0 Å². The van der Waals surface area contributed by atoms with Crippen molar-refractivity contribution in [3.05, 3.63) is 0 Å². The molecule has 0 radical (unpaired) electrons. The molecule has 0 aliphatic carbocycles. The molecule has 0 saturated heterocycles. The zero-order chi connectivity index (χ0) is 11.1. The van der Waals surface area contributed by atoms with Crippen molar-refractivity contribution in [2.24, 2.45) is 0 Å². The number of rotatable bonds is 0. The maximum Gasteiger partial charge on any atom is 0.243 e. The normalized spacial score (nSPS) is 15.2. The van der Waals surface area contributed by atoms with Crippen LogP contribution in [0.25, 0.3) is 0 Å². The van der Waals surface area contributed by atoms with Crippen LogP contribution in [0.4, 0.5) is 0 Å². The summed E-state index contributed by atoms with van der Waals surface area (Å²) in [5.74, 6) is -4.06. The molecule has 0 spiro atoms. The number of halogens is 7. The third-order valence-electron chi connectivity index (χ3n) is 0.671. The largest absolute Gasteiger partial charge is 0.337 e. The molecular weight excluding hydrogens is 367 g/mol. The van der Waals surface area contributed by atoms with Crippen LogP contribution >= 0.6 is 86.7 Å². The molecule has 0 bridgehead atoms. The Balaban J connectivity index is 5.56. The molecular formula is C2H2Cl7O2PS. The van der Waals surface area contributed by atoms with Gasteiger partial charge in [0.1, 0.15) is 0 Å².